The number of halogens is 14. The van der Waals surface area contributed by atoms with Gasteiger partial charge in [-0.3, -0.25) is 0 Å². The van der Waals surface area contributed by atoms with Crippen molar-refractivity contribution in [1.82, 2.24) is 0 Å². The van der Waals surface area contributed by atoms with Crippen LogP contribution in [0, 0.1) is 0 Å². The molecule has 0 rings (SSSR count). The number of hydrogen-bond acceptors (Lipinski definition) is 0. The Morgan fingerprint density at radius 3 is 0.870 bits per heavy atom. The monoisotopic (exact) mass is 486 g/mol. The minimum absolute atomic E-state index is 3.45. The van der Waals surface area contributed by atoms with Crippen LogP contribution in [0.5, 0.6) is 0 Å². The Balaban J connectivity index is 5.78. The van der Waals surface area contributed by atoms with Crippen LogP contribution in [0.25, 0.3) is 0 Å². The van der Waals surface area contributed by atoms with Crippen molar-refractivity contribution in [2.75, 3.05) is 13.3 Å². The van der Waals surface area contributed by atoms with E-state index in [4.69, 9.17) is 0 Å². The van der Waals surface area contributed by atoms with E-state index in [-0.39, 0.29) is 0 Å². The molecule has 0 aromatic rings. The molecule has 0 spiro atoms. The van der Waals surface area contributed by atoms with Crippen LogP contribution in [0.4, 0.5) is 61.5 Å². The Morgan fingerprint density at radius 2 is 0.696 bits per heavy atom. The van der Waals surface area contributed by atoms with Crippen LogP contribution in [-0.4, -0.2) is 66.1 Å². The quantitative estimate of drug-likeness (QED) is 0.355. The Bertz CT molecular complexity index is 377. The van der Waals surface area contributed by atoms with Gasteiger partial charge in [0.05, 0.1) is 0 Å². The maximum atomic E-state index is 12.9. The predicted molar refractivity (Wildman–Crippen MR) is 47.4 cm³/mol. The Labute approximate surface area is 128 Å². The van der Waals surface area contributed by atoms with Gasteiger partial charge in [0.2, 0.25) is 0 Å². The van der Waals surface area contributed by atoms with E-state index in [1.807, 2.05) is 0 Å². The maximum absolute atomic E-state index is 12.9. The Hall–Kier alpha value is -0.181. The summed E-state index contributed by atoms with van der Waals surface area (Å²) in [5.41, 5.74) is 0. The van der Waals surface area contributed by atoms with Gasteiger partial charge in [-0.15, -0.1) is 0 Å². The minimum atomic E-state index is -6.83. The van der Waals surface area contributed by atoms with Gasteiger partial charge in [0.15, 0.2) is 0 Å². The van der Waals surface area contributed by atoms with E-state index in [9.17, 15) is 61.5 Å². The molecule has 2 radical (unpaired) electrons. The van der Waals surface area contributed by atoms with Crippen LogP contribution in [0.1, 0.15) is 0 Å². The fourth-order valence-electron chi connectivity index (χ4n) is 0.981. The fourth-order valence-corrected chi connectivity index (χ4v) is 4.05. The van der Waals surface area contributed by atoms with E-state index in [0.717, 1.165) is 0 Å². The van der Waals surface area contributed by atoms with Crippen molar-refractivity contribution in [3.05, 3.63) is 0 Å². The van der Waals surface area contributed by atoms with E-state index in [1.54, 1.807) is 0 Å². The van der Waals surface area contributed by atoms with Gasteiger partial charge in [-0.1, -0.05) is 0 Å². The van der Waals surface area contributed by atoms with E-state index in [1.165, 1.54) is 0 Å². The molecule has 15 heteroatoms. The molecule has 0 saturated carbocycles. The summed E-state index contributed by atoms with van der Waals surface area (Å²) in [5.74, 6) is -26.1. The molecule has 0 aromatic heterocycles. The SMILES string of the molecule is FCC(F)(F)C(F)(F)[C](F)(F)[Sn][C](F)(F)C(F)(F)C(F)(F)CF. The van der Waals surface area contributed by atoms with Crippen LogP contribution in [0.15, 0.2) is 0 Å². The summed E-state index contributed by atoms with van der Waals surface area (Å²) >= 11 is -6.13. The van der Waals surface area contributed by atoms with Crippen LogP contribution in [-0.2, 0) is 0 Å². The molecule has 0 aliphatic carbocycles. The number of alkyl halides is 14. The van der Waals surface area contributed by atoms with Gasteiger partial charge in [0.1, 0.15) is 0 Å². The molecule has 0 fully saturated rings. The fraction of sp³-hybridized carbons (Fsp3) is 1.00. The number of rotatable bonds is 8. The molecule has 0 saturated heterocycles. The summed E-state index contributed by atoms with van der Waals surface area (Å²) in [6.45, 7) is -6.89. The molecule has 0 nitrogen and oxygen atoms in total. The van der Waals surface area contributed by atoms with Crippen molar-refractivity contribution in [3.63, 3.8) is 0 Å². The van der Waals surface area contributed by atoms with E-state index in [0.29, 0.717) is 0 Å². The normalized spacial score (nSPS) is 15.9. The second-order valence-corrected chi connectivity index (χ2v) is 8.40. The molecule has 0 atom stereocenters. The topological polar surface area (TPSA) is 0 Å². The zero-order valence-corrected chi connectivity index (χ0v) is 13.1. The molecule has 0 aromatic carbocycles. The number of hydrogen-bond donors (Lipinski definition) is 0. The summed E-state index contributed by atoms with van der Waals surface area (Å²) in [6.07, 6.45) is 0. The van der Waals surface area contributed by atoms with Crippen molar-refractivity contribution in [3.8, 4) is 0 Å². The van der Waals surface area contributed by atoms with Crippen LogP contribution in [0.3, 0.4) is 0 Å². The van der Waals surface area contributed by atoms with Crippen molar-refractivity contribution in [1.29, 1.82) is 0 Å². The van der Waals surface area contributed by atoms with Gasteiger partial charge in [0, 0.05) is 0 Å². The van der Waals surface area contributed by atoms with E-state index >= 15 is 0 Å². The third-order valence-electron chi connectivity index (χ3n) is 2.36. The third-order valence-corrected chi connectivity index (χ3v) is 5.94. The molecular weight excluding hydrogens is 481 g/mol. The predicted octanol–water partition coefficient (Wildman–Crippen LogP) is 4.36. The second-order valence-electron chi connectivity index (χ2n) is 4.10. The first-order chi connectivity index (χ1) is 9.83. The molecule has 0 unspecified atom stereocenters. The summed E-state index contributed by atoms with van der Waals surface area (Å²) in [6, 6.07) is 0. The molecular formula is C8H4F14Sn. The molecule has 0 aliphatic heterocycles. The van der Waals surface area contributed by atoms with Gasteiger partial charge >= 0.3 is 128 Å². The van der Waals surface area contributed by atoms with Crippen molar-refractivity contribution >= 4 is 21.1 Å². The van der Waals surface area contributed by atoms with Gasteiger partial charge in [-0.25, -0.2) is 0 Å². The van der Waals surface area contributed by atoms with Crippen LogP contribution < -0.4 is 0 Å². The van der Waals surface area contributed by atoms with Crippen molar-refractivity contribution in [2.24, 2.45) is 0 Å². The average molecular weight is 485 g/mol. The van der Waals surface area contributed by atoms with E-state index in [2.05, 4.69) is 0 Å². The zero-order valence-electron chi connectivity index (χ0n) is 10.2. The first kappa shape index (κ1) is 22.8. The van der Waals surface area contributed by atoms with Gasteiger partial charge < -0.3 is 0 Å². The zero-order chi connectivity index (χ0) is 19.1. The summed E-state index contributed by atoms with van der Waals surface area (Å²) < 4.78 is 162. The third kappa shape index (κ3) is 3.75. The molecule has 0 N–H and O–H groups in total. The van der Waals surface area contributed by atoms with Crippen LogP contribution in [0.2, 0.25) is 0 Å². The Kier molecular flexibility index (Phi) is 6.23. The molecule has 0 heterocycles. The first-order valence-corrected chi connectivity index (χ1v) is 7.86. The van der Waals surface area contributed by atoms with Gasteiger partial charge in [0.25, 0.3) is 0 Å². The van der Waals surface area contributed by atoms with E-state index < -0.39 is 66.1 Å². The standard InChI is InChI=1S/2C4H2F7.Sn/c2*5-1-3(8,9)4(10,11)2(6)7;/h2*1H2;. The van der Waals surface area contributed by atoms with Gasteiger partial charge in [-0.2, -0.15) is 0 Å². The molecule has 0 aliphatic rings. The first-order valence-electron chi connectivity index (χ1n) is 5.01. The van der Waals surface area contributed by atoms with Gasteiger partial charge in [-0.05, 0) is 0 Å². The molecule has 138 valence electrons. The molecule has 0 bridgehead atoms. The Morgan fingerprint density at radius 1 is 0.478 bits per heavy atom. The summed E-state index contributed by atoms with van der Waals surface area (Å²) in [4.78, 5) is 0. The summed E-state index contributed by atoms with van der Waals surface area (Å²) in [7, 11) is 0. The molecule has 23 heavy (non-hydrogen) atoms. The molecule has 0 amide bonds. The average Bonchev–Trinajstić information content (AvgIpc) is 2.36. The second kappa shape index (κ2) is 6.28. The summed E-state index contributed by atoms with van der Waals surface area (Å²) in [5, 5.41) is 0. The van der Waals surface area contributed by atoms with Crippen molar-refractivity contribution < 1.29 is 61.5 Å². The van der Waals surface area contributed by atoms with Crippen molar-refractivity contribution in [2.45, 2.75) is 31.6 Å². The van der Waals surface area contributed by atoms with Crippen LogP contribution >= 0.6 is 0 Å².